The van der Waals surface area contributed by atoms with Gasteiger partial charge in [0, 0.05) is 6.20 Å². The minimum Gasteiger partial charge on any atom is -0.215 e. The zero-order valence-electron chi connectivity index (χ0n) is 4.90. The van der Waals surface area contributed by atoms with Crippen LogP contribution in [-0.2, 0) is 0 Å². The van der Waals surface area contributed by atoms with Crippen LogP contribution in [-0.4, -0.2) is 19.8 Å². The van der Waals surface area contributed by atoms with E-state index in [1.165, 1.54) is 0 Å². The van der Waals surface area contributed by atoms with Crippen molar-refractivity contribution in [3.05, 3.63) is 23.6 Å². The van der Waals surface area contributed by atoms with Crippen molar-refractivity contribution in [1.29, 1.82) is 0 Å². The molecule has 0 amide bonds. The summed E-state index contributed by atoms with van der Waals surface area (Å²) in [6, 6.07) is 1.66. The lowest BCUT2D eigenvalue weighted by Crippen LogP contribution is -1.87. The van der Waals surface area contributed by atoms with Crippen molar-refractivity contribution in [2.24, 2.45) is 0 Å². The van der Waals surface area contributed by atoms with Gasteiger partial charge in [-0.3, -0.25) is 0 Å². The number of aromatic nitrogens is 4. The average molecular weight is 155 g/mol. The van der Waals surface area contributed by atoms with Crippen LogP contribution in [0.3, 0.4) is 0 Å². The molecule has 0 aliphatic carbocycles. The van der Waals surface area contributed by atoms with Crippen LogP contribution in [0.2, 0.25) is 5.15 Å². The van der Waals surface area contributed by atoms with Gasteiger partial charge in [0.25, 0.3) is 0 Å². The lowest BCUT2D eigenvalue weighted by atomic mass is 10.6. The molecule has 10 heavy (non-hydrogen) atoms. The van der Waals surface area contributed by atoms with Gasteiger partial charge in [-0.05, 0) is 6.07 Å². The van der Waals surface area contributed by atoms with Crippen LogP contribution in [0.1, 0.15) is 0 Å². The molecule has 0 spiro atoms. The van der Waals surface area contributed by atoms with Crippen molar-refractivity contribution in [1.82, 2.24) is 19.8 Å². The van der Waals surface area contributed by atoms with E-state index in [1.807, 2.05) is 0 Å². The summed E-state index contributed by atoms with van der Waals surface area (Å²) >= 11 is 5.60. The molecule has 50 valence electrons. The molecule has 2 rings (SSSR count). The first kappa shape index (κ1) is 5.61. The Morgan fingerprint density at radius 1 is 1.50 bits per heavy atom. The summed E-state index contributed by atoms with van der Waals surface area (Å²) in [6.07, 6.45) is 3.25. The largest absolute Gasteiger partial charge is 0.215 e. The van der Waals surface area contributed by atoms with E-state index < -0.39 is 0 Å². The maximum atomic E-state index is 5.60. The third-order valence-electron chi connectivity index (χ3n) is 1.13. The molecule has 4 nitrogen and oxygen atoms in total. The summed E-state index contributed by atoms with van der Waals surface area (Å²) in [7, 11) is 0. The molecule has 2 heterocycles. The van der Waals surface area contributed by atoms with Gasteiger partial charge in [0.05, 0.1) is 6.20 Å². The van der Waals surface area contributed by atoms with Gasteiger partial charge >= 0.3 is 0 Å². The molecular weight excluding hydrogens is 152 g/mol. The van der Waals surface area contributed by atoms with E-state index >= 15 is 0 Å². The zero-order valence-corrected chi connectivity index (χ0v) is 5.65. The SMILES string of the molecule is Clc1ccn2nncc2n1. The Morgan fingerprint density at radius 3 is 3.30 bits per heavy atom. The Labute approximate surface area is 61.4 Å². The van der Waals surface area contributed by atoms with E-state index in [0.717, 1.165) is 0 Å². The lowest BCUT2D eigenvalue weighted by Gasteiger charge is -1.88. The molecule has 0 unspecified atom stereocenters. The Morgan fingerprint density at radius 2 is 2.40 bits per heavy atom. The quantitative estimate of drug-likeness (QED) is 0.527. The average Bonchev–Trinajstić information content (AvgIpc) is 2.33. The first-order chi connectivity index (χ1) is 4.86. The molecule has 2 aromatic heterocycles. The predicted molar refractivity (Wildman–Crippen MR) is 35.8 cm³/mol. The fourth-order valence-electron chi connectivity index (χ4n) is 0.703. The first-order valence-electron chi connectivity index (χ1n) is 2.69. The van der Waals surface area contributed by atoms with Crippen molar-refractivity contribution >= 4 is 17.2 Å². The van der Waals surface area contributed by atoms with E-state index in [2.05, 4.69) is 15.3 Å². The summed E-state index contributed by atoms with van der Waals surface area (Å²) < 4.78 is 1.55. The molecule has 0 N–H and O–H groups in total. The monoisotopic (exact) mass is 154 g/mol. The van der Waals surface area contributed by atoms with Crippen LogP contribution in [0.5, 0.6) is 0 Å². The molecule has 0 radical (unpaired) electrons. The molecular formula is C5H3ClN4. The number of hydrogen-bond donors (Lipinski definition) is 0. The third-order valence-corrected chi connectivity index (χ3v) is 1.34. The number of halogens is 1. The van der Waals surface area contributed by atoms with E-state index in [-0.39, 0.29) is 0 Å². The predicted octanol–water partition coefficient (Wildman–Crippen LogP) is 0.778. The number of rotatable bonds is 0. The summed E-state index contributed by atoms with van der Waals surface area (Å²) in [5, 5.41) is 7.79. The molecule has 0 aliphatic heterocycles. The Kier molecular flexibility index (Phi) is 1.07. The number of hydrogen-bond acceptors (Lipinski definition) is 3. The van der Waals surface area contributed by atoms with Crippen LogP contribution in [0.4, 0.5) is 0 Å². The van der Waals surface area contributed by atoms with Gasteiger partial charge in [-0.1, -0.05) is 16.8 Å². The van der Waals surface area contributed by atoms with Crippen LogP contribution < -0.4 is 0 Å². The van der Waals surface area contributed by atoms with Gasteiger partial charge in [0.2, 0.25) is 0 Å². The molecule has 0 aromatic carbocycles. The highest BCUT2D eigenvalue weighted by molar-refractivity contribution is 6.29. The van der Waals surface area contributed by atoms with Crippen LogP contribution in [0.25, 0.3) is 5.65 Å². The second-order valence-corrected chi connectivity index (χ2v) is 2.17. The summed E-state index contributed by atoms with van der Waals surface area (Å²) in [5.74, 6) is 0. The molecule has 0 atom stereocenters. The molecule has 0 saturated heterocycles. The normalized spacial score (nSPS) is 10.5. The van der Waals surface area contributed by atoms with Gasteiger partial charge in [-0.15, -0.1) is 5.10 Å². The highest BCUT2D eigenvalue weighted by Crippen LogP contribution is 2.03. The minimum absolute atomic E-state index is 0.454. The third kappa shape index (κ3) is 0.733. The van der Waals surface area contributed by atoms with Gasteiger partial charge in [0.1, 0.15) is 5.15 Å². The van der Waals surface area contributed by atoms with Crippen molar-refractivity contribution in [2.45, 2.75) is 0 Å². The second-order valence-electron chi connectivity index (χ2n) is 1.79. The Balaban J connectivity index is 2.86. The molecule has 5 heteroatoms. The van der Waals surface area contributed by atoms with E-state index in [4.69, 9.17) is 11.6 Å². The number of nitrogens with zero attached hydrogens (tertiary/aromatic N) is 4. The maximum Gasteiger partial charge on any atom is 0.176 e. The van der Waals surface area contributed by atoms with Crippen LogP contribution in [0, 0.1) is 0 Å². The molecule has 0 saturated carbocycles. The summed E-state index contributed by atoms with van der Waals surface area (Å²) in [4.78, 5) is 3.94. The Bertz CT molecular complexity index is 355. The fourth-order valence-corrected chi connectivity index (χ4v) is 0.846. The second kappa shape index (κ2) is 1.91. The smallest absolute Gasteiger partial charge is 0.176 e. The highest BCUT2D eigenvalue weighted by Gasteiger charge is 1.94. The topological polar surface area (TPSA) is 43.1 Å². The van der Waals surface area contributed by atoms with Gasteiger partial charge in [-0.25, -0.2) is 9.50 Å². The molecule has 0 aliphatic rings. The van der Waals surface area contributed by atoms with Crippen molar-refractivity contribution in [3.8, 4) is 0 Å². The van der Waals surface area contributed by atoms with Gasteiger partial charge < -0.3 is 0 Å². The standard InChI is InChI=1S/C5H3ClN4/c6-4-1-2-10-5(8-4)3-7-9-10/h1-3H. The fraction of sp³-hybridized carbons (Fsp3) is 0. The molecule has 0 bridgehead atoms. The van der Waals surface area contributed by atoms with E-state index in [1.54, 1.807) is 23.0 Å². The highest BCUT2D eigenvalue weighted by atomic mass is 35.5. The van der Waals surface area contributed by atoms with Gasteiger partial charge in [-0.2, -0.15) is 0 Å². The van der Waals surface area contributed by atoms with Crippen molar-refractivity contribution in [2.75, 3.05) is 0 Å². The van der Waals surface area contributed by atoms with Crippen LogP contribution in [0.15, 0.2) is 18.5 Å². The van der Waals surface area contributed by atoms with Crippen LogP contribution >= 0.6 is 11.6 Å². The number of fused-ring (bicyclic) bond motifs is 1. The Hall–Kier alpha value is -1.16. The molecule has 0 fully saturated rings. The van der Waals surface area contributed by atoms with Crippen molar-refractivity contribution < 1.29 is 0 Å². The lowest BCUT2D eigenvalue weighted by molar-refractivity contribution is 0.847. The molecule has 2 aromatic rings. The van der Waals surface area contributed by atoms with Gasteiger partial charge in [0.15, 0.2) is 5.65 Å². The first-order valence-corrected chi connectivity index (χ1v) is 3.06. The summed E-state index contributed by atoms with van der Waals surface area (Å²) in [5.41, 5.74) is 0.660. The zero-order chi connectivity index (χ0) is 6.97. The van der Waals surface area contributed by atoms with E-state index in [9.17, 15) is 0 Å². The van der Waals surface area contributed by atoms with Crippen molar-refractivity contribution in [3.63, 3.8) is 0 Å². The summed E-state index contributed by atoms with van der Waals surface area (Å²) in [6.45, 7) is 0. The van der Waals surface area contributed by atoms with E-state index in [0.29, 0.717) is 10.8 Å². The minimum atomic E-state index is 0.454. The maximum absolute atomic E-state index is 5.60.